The highest BCUT2D eigenvalue weighted by Gasteiger charge is 2.24. The molecule has 0 unspecified atom stereocenters. The van der Waals surface area contributed by atoms with E-state index in [-0.39, 0.29) is 23.9 Å². The second kappa shape index (κ2) is 12.4. The topological polar surface area (TPSA) is 59.7 Å². The van der Waals surface area contributed by atoms with Crippen LogP contribution in [0.3, 0.4) is 0 Å². The summed E-state index contributed by atoms with van der Waals surface area (Å²) in [4.78, 5) is 24.6. The minimum absolute atomic E-state index is 0.0170. The summed E-state index contributed by atoms with van der Waals surface area (Å²) in [6.07, 6.45) is 6.62. The van der Waals surface area contributed by atoms with Crippen LogP contribution in [0.1, 0.15) is 73.3 Å². The number of halogens is 2. The van der Waals surface area contributed by atoms with Gasteiger partial charge in [-0.05, 0) is 79.0 Å². The van der Waals surface area contributed by atoms with Gasteiger partial charge in [-0.1, -0.05) is 44.5 Å². The third-order valence-corrected chi connectivity index (χ3v) is 7.75. The molecule has 0 aliphatic carbocycles. The molecule has 0 amide bonds. The number of carbonyl (C=O) groups excluding carboxylic acids is 1. The Morgan fingerprint density at radius 1 is 1.15 bits per heavy atom. The van der Waals surface area contributed by atoms with Crippen LogP contribution in [0, 0.1) is 11.7 Å². The Kier molecular flexibility index (Phi) is 8.69. The molecular weight excluding hydrogens is 527 g/mol. The molecular formula is C32H36ClFN4O2. The Balaban J connectivity index is 1.18. The molecule has 0 N–H and O–H groups in total. The fourth-order valence-electron chi connectivity index (χ4n) is 5.37. The molecule has 1 aromatic carbocycles. The van der Waals surface area contributed by atoms with Gasteiger partial charge in [-0.2, -0.15) is 0 Å². The molecule has 8 heteroatoms. The molecule has 0 spiro atoms. The van der Waals surface area contributed by atoms with Crippen molar-refractivity contribution in [2.45, 2.75) is 58.8 Å². The number of hydrogen-bond donors (Lipinski definition) is 0. The zero-order valence-electron chi connectivity index (χ0n) is 23.4. The molecule has 40 heavy (non-hydrogen) atoms. The minimum Gasteiger partial charge on any atom is -0.492 e. The molecule has 4 aromatic rings. The van der Waals surface area contributed by atoms with Crippen molar-refractivity contribution in [3.63, 3.8) is 0 Å². The van der Waals surface area contributed by atoms with E-state index >= 15 is 4.39 Å². The number of anilines is 1. The van der Waals surface area contributed by atoms with Gasteiger partial charge in [0.25, 0.3) is 0 Å². The predicted octanol–water partition coefficient (Wildman–Crippen LogP) is 7.32. The number of ether oxygens (including phenoxy) is 1. The normalized spacial score (nSPS) is 14.3. The molecule has 210 valence electrons. The number of carbonyl (C=O) groups is 1. The first-order valence-corrected chi connectivity index (χ1v) is 14.5. The van der Waals surface area contributed by atoms with E-state index in [2.05, 4.69) is 28.7 Å². The lowest BCUT2D eigenvalue weighted by molar-refractivity contribution is 0.0976. The number of benzene rings is 1. The molecule has 0 atom stereocenters. The Morgan fingerprint density at radius 2 is 1.95 bits per heavy atom. The average molecular weight is 563 g/mol. The van der Waals surface area contributed by atoms with Gasteiger partial charge in [0.2, 0.25) is 0 Å². The van der Waals surface area contributed by atoms with Gasteiger partial charge in [-0.25, -0.2) is 14.4 Å². The largest absolute Gasteiger partial charge is 0.492 e. The second-order valence-corrected chi connectivity index (χ2v) is 11.4. The summed E-state index contributed by atoms with van der Waals surface area (Å²) < 4.78 is 22.8. The van der Waals surface area contributed by atoms with Crippen molar-refractivity contribution in [1.29, 1.82) is 0 Å². The molecule has 1 aliphatic heterocycles. The van der Waals surface area contributed by atoms with Gasteiger partial charge in [-0.15, -0.1) is 0 Å². The minimum atomic E-state index is -0.191. The van der Waals surface area contributed by atoms with E-state index in [1.807, 2.05) is 37.3 Å². The molecule has 6 nitrogen and oxygen atoms in total. The van der Waals surface area contributed by atoms with Crippen LogP contribution in [-0.2, 0) is 12.8 Å². The van der Waals surface area contributed by atoms with Gasteiger partial charge in [-0.3, -0.25) is 9.20 Å². The summed E-state index contributed by atoms with van der Waals surface area (Å²) in [5, 5.41) is 0.547. The maximum atomic E-state index is 15.2. The Bertz CT molecular complexity index is 1480. The van der Waals surface area contributed by atoms with Gasteiger partial charge in [0.1, 0.15) is 28.7 Å². The highest BCUT2D eigenvalue weighted by atomic mass is 35.5. The molecule has 1 fully saturated rings. The van der Waals surface area contributed by atoms with Crippen molar-refractivity contribution in [1.82, 2.24) is 14.4 Å². The number of ketones is 1. The van der Waals surface area contributed by atoms with Gasteiger partial charge in [0.15, 0.2) is 5.78 Å². The van der Waals surface area contributed by atoms with Crippen molar-refractivity contribution >= 4 is 28.8 Å². The maximum Gasteiger partial charge on any atom is 0.181 e. The van der Waals surface area contributed by atoms with Crippen LogP contribution >= 0.6 is 11.6 Å². The SMILES string of the molecule is CCc1nc2ccc(Cl)cn2c1C(=O)CCc1ccc(C2CCN(c3ccc(OCC(C)C)cn3)CC2)c(F)c1. The predicted molar refractivity (Wildman–Crippen MR) is 157 cm³/mol. The number of imidazole rings is 1. The van der Waals surface area contributed by atoms with E-state index in [1.165, 1.54) is 0 Å². The molecule has 4 heterocycles. The van der Waals surface area contributed by atoms with Crippen LogP contribution in [0.25, 0.3) is 5.65 Å². The summed E-state index contributed by atoms with van der Waals surface area (Å²) in [6, 6.07) is 13.0. The number of Topliss-reactive ketones (excluding diaryl/α,β-unsaturated/α-hetero) is 1. The van der Waals surface area contributed by atoms with Crippen molar-refractivity contribution in [2.75, 3.05) is 24.6 Å². The van der Waals surface area contributed by atoms with Crippen molar-refractivity contribution in [2.24, 2.45) is 5.92 Å². The lowest BCUT2D eigenvalue weighted by Gasteiger charge is -2.33. The second-order valence-electron chi connectivity index (χ2n) is 10.9. The monoisotopic (exact) mass is 562 g/mol. The van der Waals surface area contributed by atoms with Crippen LogP contribution in [0.2, 0.25) is 5.02 Å². The van der Waals surface area contributed by atoms with Crippen LogP contribution in [0.4, 0.5) is 10.2 Å². The van der Waals surface area contributed by atoms with Crippen molar-refractivity contribution in [3.8, 4) is 5.75 Å². The molecule has 3 aromatic heterocycles. The number of pyridine rings is 2. The molecule has 1 saturated heterocycles. The summed E-state index contributed by atoms with van der Waals surface area (Å²) in [6.45, 7) is 8.53. The third kappa shape index (κ3) is 6.30. The highest BCUT2D eigenvalue weighted by Crippen LogP contribution is 2.32. The van der Waals surface area contributed by atoms with E-state index in [1.54, 1.807) is 28.9 Å². The van der Waals surface area contributed by atoms with Crippen molar-refractivity contribution in [3.05, 3.63) is 88.2 Å². The number of nitrogens with zero attached hydrogens (tertiary/aromatic N) is 4. The fourth-order valence-corrected chi connectivity index (χ4v) is 5.53. The van der Waals surface area contributed by atoms with Crippen LogP contribution < -0.4 is 9.64 Å². The zero-order chi connectivity index (χ0) is 28.2. The summed E-state index contributed by atoms with van der Waals surface area (Å²) in [5.74, 6) is 2.13. The Hall–Kier alpha value is -3.45. The van der Waals surface area contributed by atoms with Crippen LogP contribution in [0.5, 0.6) is 5.75 Å². The Morgan fingerprint density at radius 3 is 2.62 bits per heavy atom. The molecule has 5 rings (SSSR count). The molecule has 1 aliphatic rings. The lowest BCUT2D eigenvalue weighted by Crippen LogP contribution is -2.33. The molecule has 0 bridgehead atoms. The smallest absolute Gasteiger partial charge is 0.181 e. The number of piperidine rings is 1. The third-order valence-electron chi connectivity index (χ3n) is 7.52. The van der Waals surface area contributed by atoms with Crippen molar-refractivity contribution < 1.29 is 13.9 Å². The first-order chi connectivity index (χ1) is 19.3. The highest BCUT2D eigenvalue weighted by molar-refractivity contribution is 6.30. The zero-order valence-corrected chi connectivity index (χ0v) is 24.1. The van der Waals surface area contributed by atoms with Gasteiger partial charge in [0, 0.05) is 25.7 Å². The van der Waals surface area contributed by atoms with E-state index in [0.717, 1.165) is 54.3 Å². The first-order valence-electron chi connectivity index (χ1n) is 14.1. The van der Waals surface area contributed by atoms with Gasteiger partial charge >= 0.3 is 0 Å². The summed E-state index contributed by atoms with van der Waals surface area (Å²) >= 11 is 6.17. The molecule has 0 saturated carbocycles. The first kappa shape index (κ1) is 28.1. The lowest BCUT2D eigenvalue weighted by atomic mass is 9.88. The number of aromatic nitrogens is 3. The van der Waals surface area contributed by atoms with E-state index in [4.69, 9.17) is 16.3 Å². The number of rotatable bonds is 10. The quantitative estimate of drug-likeness (QED) is 0.190. The van der Waals surface area contributed by atoms with Crippen LogP contribution in [0.15, 0.2) is 54.9 Å². The number of fused-ring (bicyclic) bond motifs is 1. The number of hydrogen-bond acceptors (Lipinski definition) is 5. The van der Waals surface area contributed by atoms with Gasteiger partial charge in [0.05, 0.1) is 23.5 Å². The fraction of sp³-hybridized carbons (Fsp3) is 0.406. The van der Waals surface area contributed by atoms with E-state index < -0.39 is 0 Å². The molecule has 0 radical (unpaired) electrons. The van der Waals surface area contributed by atoms with Crippen LogP contribution in [-0.4, -0.2) is 39.8 Å². The van der Waals surface area contributed by atoms with Gasteiger partial charge < -0.3 is 9.64 Å². The maximum absolute atomic E-state index is 15.2. The van der Waals surface area contributed by atoms with E-state index in [0.29, 0.717) is 41.7 Å². The average Bonchev–Trinajstić information content (AvgIpc) is 3.33. The standard InChI is InChI=1S/C32H36ClFN4O2/c1-4-28-32(38-19-24(33)7-11-31(38)36-28)29(39)10-6-22-5-9-26(27(34)17-22)23-13-15-37(16-14-23)30-12-8-25(18-35-30)40-20-21(2)3/h5,7-9,11-12,17-19,21,23H,4,6,10,13-16,20H2,1-3H3. The number of aryl methyl sites for hydroxylation is 2. The Labute approximate surface area is 240 Å². The van der Waals surface area contributed by atoms with E-state index in [9.17, 15) is 4.79 Å². The summed E-state index contributed by atoms with van der Waals surface area (Å²) in [7, 11) is 0. The summed E-state index contributed by atoms with van der Waals surface area (Å²) in [5.41, 5.74) is 3.60.